The minimum absolute atomic E-state index is 0.0426. The van der Waals surface area contributed by atoms with Crippen molar-refractivity contribution in [1.29, 1.82) is 0 Å². The van der Waals surface area contributed by atoms with Crippen molar-refractivity contribution in [1.82, 2.24) is 9.78 Å². The van der Waals surface area contributed by atoms with Crippen molar-refractivity contribution in [2.45, 2.75) is 0 Å². The maximum Gasteiger partial charge on any atom is 0.185 e. The minimum Gasteiger partial charge on any atom is -0.289 e. The number of allylic oxidation sites excluding steroid dienone is 1. The molecule has 136 valence electrons. The van der Waals surface area contributed by atoms with Gasteiger partial charge in [0.05, 0.1) is 11.4 Å². The first-order chi connectivity index (χ1) is 13.7. The van der Waals surface area contributed by atoms with Crippen LogP contribution in [0.4, 0.5) is 0 Å². The molecule has 0 aliphatic rings. The number of benzene rings is 3. The zero-order valence-electron chi connectivity index (χ0n) is 15.0. The van der Waals surface area contributed by atoms with E-state index in [1.165, 1.54) is 0 Å². The van der Waals surface area contributed by atoms with E-state index in [4.69, 9.17) is 5.10 Å². The van der Waals surface area contributed by atoms with E-state index in [0.29, 0.717) is 5.56 Å². The van der Waals surface area contributed by atoms with E-state index in [1.807, 2.05) is 102 Å². The number of carbonyl (C=O) groups is 1. The van der Waals surface area contributed by atoms with Crippen molar-refractivity contribution >= 4 is 27.8 Å². The first-order valence-electron chi connectivity index (χ1n) is 8.89. The Morgan fingerprint density at radius 1 is 0.857 bits per heavy atom. The first-order valence-corrected chi connectivity index (χ1v) is 9.68. The normalized spacial score (nSPS) is 11.0. The molecule has 0 unspecified atom stereocenters. The van der Waals surface area contributed by atoms with Crippen LogP contribution >= 0.6 is 15.9 Å². The molecule has 1 heterocycles. The second-order valence-electron chi connectivity index (χ2n) is 6.28. The van der Waals surface area contributed by atoms with Crippen LogP contribution in [0, 0.1) is 0 Å². The molecular weight excluding hydrogens is 412 g/mol. The average Bonchev–Trinajstić information content (AvgIpc) is 3.18. The van der Waals surface area contributed by atoms with Crippen LogP contribution in [0.3, 0.4) is 0 Å². The quantitative estimate of drug-likeness (QED) is 0.280. The molecule has 0 bridgehead atoms. The van der Waals surface area contributed by atoms with Gasteiger partial charge in [-0.25, -0.2) is 4.68 Å². The van der Waals surface area contributed by atoms with Gasteiger partial charge in [0.2, 0.25) is 0 Å². The second kappa shape index (κ2) is 8.19. The van der Waals surface area contributed by atoms with Gasteiger partial charge in [0.15, 0.2) is 5.78 Å². The highest BCUT2D eigenvalue weighted by molar-refractivity contribution is 9.10. The van der Waals surface area contributed by atoms with E-state index in [-0.39, 0.29) is 5.78 Å². The molecule has 4 rings (SSSR count). The standard InChI is InChI=1S/C24H17BrN2O/c25-21-14-11-18(12-15-21)23(28)16-13-20-17-27(22-9-5-2-6-10-22)26-24(20)19-7-3-1-4-8-19/h1-17H/b16-13+. The summed E-state index contributed by atoms with van der Waals surface area (Å²) in [6.45, 7) is 0. The number of hydrogen-bond donors (Lipinski definition) is 0. The molecule has 0 aliphatic carbocycles. The summed E-state index contributed by atoms with van der Waals surface area (Å²) in [7, 11) is 0. The van der Waals surface area contributed by atoms with Gasteiger partial charge in [0, 0.05) is 27.4 Å². The van der Waals surface area contributed by atoms with Gasteiger partial charge in [-0.2, -0.15) is 5.10 Å². The summed E-state index contributed by atoms with van der Waals surface area (Å²) in [5, 5.41) is 4.76. The molecule has 0 spiro atoms. The number of rotatable bonds is 5. The fraction of sp³-hybridized carbons (Fsp3) is 0. The number of para-hydroxylation sites is 1. The van der Waals surface area contributed by atoms with Gasteiger partial charge in [-0.15, -0.1) is 0 Å². The van der Waals surface area contributed by atoms with Gasteiger partial charge >= 0.3 is 0 Å². The number of aromatic nitrogens is 2. The van der Waals surface area contributed by atoms with Gasteiger partial charge in [0.25, 0.3) is 0 Å². The van der Waals surface area contributed by atoms with E-state index < -0.39 is 0 Å². The Morgan fingerprint density at radius 2 is 1.50 bits per heavy atom. The predicted molar refractivity (Wildman–Crippen MR) is 117 cm³/mol. The maximum atomic E-state index is 12.5. The molecule has 3 aromatic carbocycles. The number of carbonyl (C=O) groups excluding carboxylic acids is 1. The SMILES string of the molecule is O=C(/C=C/c1cn(-c2ccccc2)nc1-c1ccccc1)c1ccc(Br)cc1. The van der Waals surface area contributed by atoms with Crippen LogP contribution in [-0.4, -0.2) is 15.6 Å². The zero-order valence-corrected chi connectivity index (χ0v) is 16.6. The van der Waals surface area contributed by atoms with Crippen LogP contribution < -0.4 is 0 Å². The summed E-state index contributed by atoms with van der Waals surface area (Å²) >= 11 is 3.39. The molecule has 0 atom stereocenters. The molecule has 0 fully saturated rings. The predicted octanol–water partition coefficient (Wildman–Crippen LogP) is 6.20. The smallest absolute Gasteiger partial charge is 0.185 e. The van der Waals surface area contributed by atoms with Crippen molar-refractivity contribution in [3.05, 3.63) is 113 Å². The lowest BCUT2D eigenvalue weighted by molar-refractivity contribution is 0.104. The molecule has 0 saturated heterocycles. The van der Waals surface area contributed by atoms with E-state index in [0.717, 1.165) is 27.0 Å². The largest absolute Gasteiger partial charge is 0.289 e. The van der Waals surface area contributed by atoms with Crippen LogP contribution in [0.5, 0.6) is 0 Å². The van der Waals surface area contributed by atoms with Crippen molar-refractivity contribution in [2.24, 2.45) is 0 Å². The summed E-state index contributed by atoms with van der Waals surface area (Å²) < 4.78 is 2.79. The van der Waals surface area contributed by atoms with Gasteiger partial charge in [-0.1, -0.05) is 64.5 Å². The van der Waals surface area contributed by atoms with Crippen LogP contribution in [-0.2, 0) is 0 Å². The molecule has 0 radical (unpaired) electrons. The molecule has 4 heteroatoms. The number of nitrogens with zero attached hydrogens (tertiary/aromatic N) is 2. The molecule has 0 saturated carbocycles. The van der Waals surface area contributed by atoms with Gasteiger partial charge in [0.1, 0.15) is 0 Å². The summed E-state index contributed by atoms with van der Waals surface area (Å²) in [4.78, 5) is 12.5. The molecule has 0 amide bonds. The topological polar surface area (TPSA) is 34.9 Å². The molecule has 4 aromatic rings. The fourth-order valence-corrected chi connectivity index (χ4v) is 3.18. The molecule has 28 heavy (non-hydrogen) atoms. The van der Waals surface area contributed by atoms with Crippen LogP contribution in [0.25, 0.3) is 23.0 Å². The maximum absolute atomic E-state index is 12.5. The lowest BCUT2D eigenvalue weighted by atomic mass is 10.1. The Morgan fingerprint density at radius 3 is 2.18 bits per heavy atom. The van der Waals surface area contributed by atoms with E-state index in [1.54, 1.807) is 6.08 Å². The Hall–Kier alpha value is -3.24. The molecule has 3 nitrogen and oxygen atoms in total. The average molecular weight is 429 g/mol. The Labute approximate surface area is 172 Å². The van der Waals surface area contributed by atoms with Gasteiger partial charge < -0.3 is 0 Å². The van der Waals surface area contributed by atoms with Crippen molar-refractivity contribution in [3.63, 3.8) is 0 Å². The fourth-order valence-electron chi connectivity index (χ4n) is 2.92. The Kier molecular flexibility index (Phi) is 5.31. The van der Waals surface area contributed by atoms with Crippen molar-refractivity contribution in [2.75, 3.05) is 0 Å². The molecular formula is C24H17BrN2O. The summed E-state index contributed by atoms with van der Waals surface area (Å²) in [6, 6.07) is 27.3. The monoisotopic (exact) mass is 428 g/mol. The Balaban J connectivity index is 1.71. The van der Waals surface area contributed by atoms with Gasteiger partial charge in [-0.3, -0.25) is 4.79 Å². The van der Waals surface area contributed by atoms with E-state index in [9.17, 15) is 4.79 Å². The minimum atomic E-state index is -0.0426. The number of hydrogen-bond acceptors (Lipinski definition) is 2. The first kappa shape index (κ1) is 18.1. The van der Waals surface area contributed by atoms with Crippen molar-refractivity contribution < 1.29 is 4.79 Å². The summed E-state index contributed by atoms with van der Waals surface area (Å²) in [5.41, 5.74) is 4.35. The molecule has 0 N–H and O–H groups in total. The third-order valence-corrected chi connectivity index (χ3v) is 4.88. The lowest BCUT2D eigenvalue weighted by Gasteiger charge is -2.00. The van der Waals surface area contributed by atoms with Gasteiger partial charge in [-0.05, 0) is 48.6 Å². The van der Waals surface area contributed by atoms with Crippen molar-refractivity contribution in [3.8, 4) is 16.9 Å². The molecule has 0 aliphatic heterocycles. The summed E-state index contributed by atoms with van der Waals surface area (Å²) in [6.07, 6.45) is 5.38. The third-order valence-electron chi connectivity index (χ3n) is 4.35. The number of ketones is 1. The highest BCUT2D eigenvalue weighted by atomic mass is 79.9. The van der Waals surface area contributed by atoms with Crippen LogP contribution in [0.15, 0.2) is 102 Å². The zero-order chi connectivity index (χ0) is 19.3. The van der Waals surface area contributed by atoms with E-state index in [2.05, 4.69) is 15.9 Å². The summed E-state index contributed by atoms with van der Waals surface area (Å²) in [5.74, 6) is -0.0426. The van der Waals surface area contributed by atoms with Crippen LogP contribution in [0.2, 0.25) is 0 Å². The van der Waals surface area contributed by atoms with Crippen LogP contribution in [0.1, 0.15) is 15.9 Å². The second-order valence-corrected chi connectivity index (χ2v) is 7.20. The van der Waals surface area contributed by atoms with E-state index >= 15 is 0 Å². The molecule has 1 aromatic heterocycles. The lowest BCUT2D eigenvalue weighted by Crippen LogP contribution is -1.93. The highest BCUT2D eigenvalue weighted by Crippen LogP contribution is 2.25. The highest BCUT2D eigenvalue weighted by Gasteiger charge is 2.11. The Bertz CT molecular complexity index is 1110. The number of halogens is 1. The third kappa shape index (κ3) is 4.02.